The molecule has 2 aliphatic rings. The van der Waals surface area contributed by atoms with Crippen molar-refractivity contribution in [2.24, 2.45) is 10.7 Å². The van der Waals surface area contributed by atoms with E-state index in [0.29, 0.717) is 17.3 Å². The molecule has 3 atom stereocenters. The molecule has 1 saturated carbocycles. The van der Waals surface area contributed by atoms with E-state index < -0.39 is 0 Å². The fourth-order valence-corrected chi connectivity index (χ4v) is 3.46. The van der Waals surface area contributed by atoms with Crippen LogP contribution in [0.4, 0.5) is 0 Å². The van der Waals surface area contributed by atoms with Gasteiger partial charge in [-0.1, -0.05) is 18.7 Å². The van der Waals surface area contributed by atoms with Gasteiger partial charge in [-0.3, -0.25) is 4.99 Å². The molecular formula is C10H19N3S. The number of fused-ring (bicyclic) bond motifs is 1. The smallest absolute Gasteiger partial charge is 0.154 e. The van der Waals surface area contributed by atoms with Gasteiger partial charge in [-0.05, 0) is 32.2 Å². The number of nitrogens with one attached hydrogen (secondary N) is 1. The van der Waals surface area contributed by atoms with Gasteiger partial charge in [0.2, 0.25) is 0 Å². The first-order chi connectivity index (χ1) is 6.79. The van der Waals surface area contributed by atoms with Crippen molar-refractivity contribution in [1.82, 2.24) is 5.32 Å². The third-order valence-electron chi connectivity index (χ3n) is 3.01. The molecule has 0 radical (unpaired) electrons. The van der Waals surface area contributed by atoms with Crippen LogP contribution in [0.15, 0.2) is 4.99 Å². The molecule has 4 heteroatoms. The molecule has 1 aliphatic carbocycles. The van der Waals surface area contributed by atoms with Gasteiger partial charge in [-0.25, -0.2) is 0 Å². The average molecular weight is 213 g/mol. The maximum Gasteiger partial charge on any atom is 0.154 e. The van der Waals surface area contributed by atoms with E-state index in [2.05, 4.69) is 17.2 Å². The van der Waals surface area contributed by atoms with Crippen LogP contribution in [0, 0.1) is 0 Å². The monoisotopic (exact) mass is 213 g/mol. The van der Waals surface area contributed by atoms with Crippen molar-refractivity contribution >= 4 is 16.9 Å². The summed E-state index contributed by atoms with van der Waals surface area (Å²) in [6, 6.07) is 1.21. The first-order valence-electron chi connectivity index (χ1n) is 5.53. The molecule has 2 rings (SSSR count). The molecule has 0 spiro atoms. The molecule has 14 heavy (non-hydrogen) atoms. The summed E-state index contributed by atoms with van der Waals surface area (Å²) in [7, 11) is 0. The lowest BCUT2D eigenvalue weighted by Crippen LogP contribution is -2.39. The summed E-state index contributed by atoms with van der Waals surface area (Å²) in [4.78, 5) is 4.45. The van der Waals surface area contributed by atoms with Gasteiger partial charge in [0.05, 0.1) is 6.04 Å². The zero-order valence-corrected chi connectivity index (χ0v) is 9.52. The molecule has 2 unspecified atom stereocenters. The van der Waals surface area contributed by atoms with E-state index in [-0.39, 0.29) is 0 Å². The molecule has 0 bridgehead atoms. The van der Waals surface area contributed by atoms with E-state index in [0.717, 1.165) is 11.7 Å². The van der Waals surface area contributed by atoms with Crippen molar-refractivity contribution < 1.29 is 0 Å². The van der Waals surface area contributed by atoms with Crippen LogP contribution in [-0.4, -0.2) is 29.0 Å². The van der Waals surface area contributed by atoms with Crippen LogP contribution < -0.4 is 11.1 Å². The van der Waals surface area contributed by atoms with Gasteiger partial charge in [0.15, 0.2) is 5.17 Å². The Morgan fingerprint density at radius 2 is 2.43 bits per heavy atom. The van der Waals surface area contributed by atoms with Gasteiger partial charge in [-0.15, -0.1) is 0 Å². The summed E-state index contributed by atoms with van der Waals surface area (Å²) < 4.78 is 0. The van der Waals surface area contributed by atoms with Crippen LogP contribution in [0.5, 0.6) is 0 Å². The van der Waals surface area contributed by atoms with E-state index in [1.807, 2.05) is 0 Å². The Hall–Kier alpha value is -0.220. The second-order valence-electron chi connectivity index (χ2n) is 4.16. The Labute approximate surface area is 89.9 Å². The highest BCUT2D eigenvalue weighted by molar-refractivity contribution is 8.14. The zero-order chi connectivity index (χ0) is 9.97. The van der Waals surface area contributed by atoms with E-state index in [1.54, 1.807) is 11.8 Å². The zero-order valence-electron chi connectivity index (χ0n) is 8.70. The molecule has 0 amide bonds. The molecule has 0 saturated heterocycles. The highest BCUT2D eigenvalue weighted by Gasteiger charge is 2.34. The van der Waals surface area contributed by atoms with Crippen molar-refractivity contribution in [2.75, 3.05) is 6.54 Å². The number of rotatable bonds is 3. The summed E-state index contributed by atoms with van der Waals surface area (Å²) in [5.74, 6) is 0. The number of nitrogens with two attached hydrogens (primary N) is 1. The number of nitrogens with zero attached hydrogens (tertiary/aromatic N) is 1. The van der Waals surface area contributed by atoms with Crippen LogP contribution in [0.3, 0.4) is 0 Å². The van der Waals surface area contributed by atoms with Gasteiger partial charge < -0.3 is 11.1 Å². The van der Waals surface area contributed by atoms with Crippen LogP contribution in [0.2, 0.25) is 0 Å². The molecular weight excluding hydrogens is 194 g/mol. The predicted molar refractivity (Wildman–Crippen MR) is 62.7 cm³/mol. The van der Waals surface area contributed by atoms with E-state index in [4.69, 9.17) is 5.73 Å². The first kappa shape index (κ1) is 10.3. The summed E-state index contributed by atoms with van der Waals surface area (Å²) in [5, 5.41) is 5.05. The van der Waals surface area contributed by atoms with Crippen LogP contribution >= 0.6 is 11.8 Å². The van der Waals surface area contributed by atoms with Gasteiger partial charge >= 0.3 is 0 Å². The minimum atomic E-state index is 0.514. The lowest BCUT2D eigenvalue weighted by molar-refractivity contribution is 0.356. The Morgan fingerprint density at radius 1 is 1.57 bits per heavy atom. The largest absolute Gasteiger partial charge is 0.379 e. The predicted octanol–water partition coefficient (Wildman–Crippen LogP) is 1.34. The lowest BCUT2D eigenvalue weighted by atomic mass is 9.91. The Morgan fingerprint density at radius 3 is 3.21 bits per heavy atom. The number of aliphatic imine (C=N–C) groups is 1. The van der Waals surface area contributed by atoms with Gasteiger partial charge in [0, 0.05) is 11.3 Å². The average Bonchev–Trinajstić information content (AvgIpc) is 2.54. The van der Waals surface area contributed by atoms with E-state index >= 15 is 0 Å². The highest BCUT2D eigenvalue weighted by Crippen LogP contribution is 2.35. The van der Waals surface area contributed by atoms with Gasteiger partial charge in [0.25, 0.3) is 0 Å². The Bertz CT molecular complexity index is 229. The highest BCUT2D eigenvalue weighted by atomic mass is 32.2. The third kappa shape index (κ3) is 2.23. The molecule has 3 nitrogen and oxygen atoms in total. The summed E-state index contributed by atoms with van der Waals surface area (Å²) >= 11 is 1.77. The van der Waals surface area contributed by atoms with Crippen molar-refractivity contribution in [3.63, 3.8) is 0 Å². The number of hydrogen-bond donors (Lipinski definition) is 2. The number of thioether (sulfide) groups is 1. The second-order valence-corrected chi connectivity index (χ2v) is 5.41. The minimum Gasteiger partial charge on any atom is -0.379 e. The second kappa shape index (κ2) is 4.53. The molecule has 1 heterocycles. The fourth-order valence-electron chi connectivity index (χ4n) is 2.27. The molecule has 0 aromatic carbocycles. The first-order valence-corrected chi connectivity index (χ1v) is 6.41. The fraction of sp³-hybridized carbons (Fsp3) is 0.900. The Balaban J connectivity index is 1.82. The van der Waals surface area contributed by atoms with Crippen LogP contribution in [0.25, 0.3) is 0 Å². The maximum absolute atomic E-state index is 5.73. The minimum absolute atomic E-state index is 0.514. The maximum atomic E-state index is 5.73. The van der Waals surface area contributed by atoms with E-state index in [9.17, 15) is 0 Å². The Kier molecular flexibility index (Phi) is 3.34. The molecule has 1 aliphatic heterocycles. The normalized spacial score (nSPS) is 36.6. The molecule has 80 valence electrons. The van der Waals surface area contributed by atoms with Gasteiger partial charge in [-0.2, -0.15) is 0 Å². The summed E-state index contributed by atoms with van der Waals surface area (Å²) in [6.07, 6.45) is 4.92. The quantitative estimate of drug-likeness (QED) is 0.744. The van der Waals surface area contributed by atoms with Crippen molar-refractivity contribution in [1.29, 1.82) is 0 Å². The van der Waals surface area contributed by atoms with E-state index in [1.165, 1.54) is 25.7 Å². The summed E-state index contributed by atoms with van der Waals surface area (Å²) in [6.45, 7) is 3.35. The van der Waals surface area contributed by atoms with Crippen LogP contribution in [0.1, 0.15) is 32.6 Å². The van der Waals surface area contributed by atoms with Gasteiger partial charge in [0.1, 0.15) is 0 Å². The van der Waals surface area contributed by atoms with Crippen molar-refractivity contribution in [3.05, 3.63) is 0 Å². The standard InChI is InChI=1S/C10H19N3S/c1-2-5-12-7-3-4-8-9(6-7)14-10(11)13-8/h7-9,12H,2-6H2,1H3,(H2,11,13)/t7-,8?,9?/m0/s1. The lowest BCUT2D eigenvalue weighted by Gasteiger charge is -2.30. The number of amidine groups is 1. The number of hydrogen-bond acceptors (Lipinski definition) is 4. The molecule has 3 N–H and O–H groups in total. The van der Waals surface area contributed by atoms with Crippen LogP contribution in [-0.2, 0) is 0 Å². The van der Waals surface area contributed by atoms with Crippen molar-refractivity contribution in [3.8, 4) is 0 Å². The molecule has 1 fully saturated rings. The molecule has 0 aromatic heterocycles. The third-order valence-corrected chi connectivity index (χ3v) is 4.16. The van der Waals surface area contributed by atoms with Crippen molar-refractivity contribution in [2.45, 2.75) is 49.9 Å². The topological polar surface area (TPSA) is 50.4 Å². The summed E-state index contributed by atoms with van der Waals surface area (Å²) in [5.41, 5.74) is 5.73. The molecule has 0 aromatic rings. The SMILES string of the molecule is CCCN[C@H]1CCC2N=C(N)SC2C1.